The minimum Gasteiger partial charge on any atom is -0.481 e. The highest BCUT2D eigenvalue weighted by Crippen LogP contribution is 2.26. The molecule has 1 aliphatic heterocycles. The van der Waals surface area contributed by atoms with Crippen LogP contribution in [0.15, 0.2) is 67.3 Å². The van der Waals surface area contributed by atoms with Crippen LogP contribution >= 0.6 is 0 Å². The number of carbonyl (C=O) groups excluding carboxylic acids is 3. The number of fused-ring (bicyclic) bond motifs is 1. The molecule has 30 heavy (non-hydrogen) atoms. The molecule has 0 saturated heterocycles. The molecule has 3 rings (SSSR count). The van der Waals surface area contributed by atoms with E-state index in [2.05, 4.69) is 11.9 Å². The van der Waals surface area contributed by atoms with E-state index in [9.17, 15) is 24.3 Å². The second kappa shape index (κ2) is 9.17. The van der Waals surface area contributed by atoms with E-state index in [1.807, 2.05) is 6.07 Å². The Kier molecular flexibility index (Phi) is 6.41. The second-order valence-electron chi connectivity index (χ2n) is 7.04. The highest BCUT2D eigenvalue weighted by molar-refractivity contribution is 6.22. The number of allylic oxidation sites excluding steroid dienone is 1. The molecule has 0 aliphatic carbocycles. The number of rotatable bonds is 9. The number of carbonyl (C=O) groups is 4. The van der Waals surface area contributed by atoms with E-state index >= 15 is 0 Å². The SMILES string of the molecule is C=CC[C@@H](CNC(=O)C(Cc1ccccc1)N1C(=O)c2ccccc2C1=O)C(=O)O. The van der Waals surface area contributed by atoms with Gasteiger partial charge in [-0.3, -0.25) is 24.1 Å². The Balaban J connectivity index is 1.87. The first kappa shape index (κ1) is 21.0. The van der Waals surface area contributed by atoms with Gasteiger partial charge in [0.25, 0.3) is 11.8 Å². The van der Waals surface area contributed by atoms with Crippen molar-refractivity contribution in [3.05, 3.63) is 83.9 Å². The van der Waals surface area contributed by atoms with Crippen molar-refractivity contribution in [3.8, 4) is 0 Å². The Bertz CT molecular complexity index is 951. The van der Waals surface area contributed by atoms with Gasteiger partial charge in [-0.1, -0.05) is 48.5 Å². The van der Waals surface area contributed by atoms with Crippen LogP contribution < -0.4 is 5.32 Å². The number of nitrogens with zero attached hydrogens (tertiary/aromatic N) is 1. The predicted octanol–water partition coefficient (Wildman–Crippen LogP) is 2.29. The monoisotopic (exact) mass is 406 g/mol. The molecule has 1 heterocycles. The fourth-order valence-corrected chi connectivity index (χ4v) is 3.44. The smallest absolute Gasteiger partial charge is 0.308 e. The molecule has 1 unspecified atom stereocenters. The van der Waals surface area contributed by atoms with Gasteiger partial charge in [0.15, 0.2) is 0 Å². The van der Waals surface area contributed by atoms with Gasteiger partial charge in [0.05, 0.1) is 17.0 Å². The van der Waals surface area contributed by atoms with Crippen LogP contribution in [-0.4, -0.2) is 46.3 Å². The molecule has 0 fully saturated rings. The second-order valence-corrected chi connectivity index (χ2v) is 7.04. The van der Waals surface area contributed by atoms with E-state index < -0.39 is 35.7 Å². The lowest BCUT2D eigenvalue weighted by atomic mass is 10.0. The largest absolute Gasteiger partial charge is 0.481 e. The molecule has 1 aliphatic rings. The van der Waals surface area contributed by atoms with Crippen LogP contribution in [0.4, 0.5) is 0 Å². The topological polar surface area (TPSA) is 104 Å². The minimum absolute atomic E-state index is 0.122. The summed E-state index contributed by atoms with van der Waals surface area (Å²) in [4.78, 5) is 51.2. The first-order valence-corrected chi connectivity index (χ1v) is 9.56. The number of carboxylic acid groups (broad SMARTS) is 1. The molecule has 0 saturated carbocycles. The van der Waals surface area contributed by atoms with E-state index in [0.29, 0.717) is 0 Å². The number of aliphatic carboxylic acids is 1. The Morgan fingerprint density at radius 1 is 1.00 bits per heavy atom. The average Bonchev–Trinajstić information content (AvgIpc) is 3.00. The zero-order valence-corrected chi connectivity index (χ0v) is 16.3. The average molecular weight is 406 g/mol. The van der Waals surface area contributed by atoms with E-state index in [4.69, 9.17) is 0 Å². The summed E-state index contributed by atoms with van der Waals surface area (Å²) in [7, 11) is 0. The summed E-state index contributed by atoms with van der Waals surface area (Å²) in [5.41, 5.74) is 1.28. The van der Waals surface area contributed by atoms with Gasteiger partial charge >= 0.3 is 5.97 Å². The molecule has 0 spiro atoms. The van der Waals surface area contributed by atoms with Gasteiger partial charge < -0.3 is 10.4 Å². The molecular formula is C23H22N2O5. The van der Waals surface area contributed by atoms with Gasteiger partial charge in [0.1, 0.15) is 6.04 Å². The first-order chi connectivity index (χ1) is 14.4. The van der Waals surface area contributed by atoms with Crippen molar-refractivity contribution >= 4 is 23.7 Å². The van der Waals surface area contributed by atoms with Crippen LogP contribution in [0.3, 0.4) is 0 Å². The zero-order chi connectivity index (χ0) is 21.7. The third kappa shape index (κ3) is 4.30. The lowest BCUT2D eigenvalue weighted by Crippen LogP contribution is -2.51. The third-order valence-electron chi connectivity index (χ3n) is 5.03. The lowest BCUT2D eigenvalue weighted by molar-refractivity contribution is -0.141. The van der Waals surface area contributed by atoms with E-state index in [1.165, 1.54) is 6.08 Å². The summed E-state index contributed by atoms with van der Waals surface area (Å²) in [6.45, 7) is 3.40. The van der Waals surface area contributed by atoms with Crippen LogP contribution in [0, 0.1) is 5.92 Å². The molecule has 2 aromatic rings. The number of imide groups is 1. The van der Waals surface area contributed by atoms with Gasteiger partial charge in [-0.15, -0.1) is 6.58 Å². The van der Waals surface area contributed by atoms with E-state index in [1.54, 1.807) is 48.5 Å². The fraction of sp³-hybridized carbons (Fsp3) is 0.217. The third-order valence-corrected chi connectivity index (χ3v) is 5.03. The lowest BCUT2D eigenvalue weighted by Gasteiger charge is -2.26. The molecule has 0 aromatic heterocycles. The molecule has 7 heteroatoms. The maximum Gasteiger partial charge on any atom is 0.308 e. The summed E-state index contributed by atoms with van der Waals surface area (Å²) in [6.07, 6.45) is 1.78. The van der Waals surface area contributed by atoms with Crippen LogP contribution in [0.25, 0.3) is 0 Å². The summed E-state index contributed by atoms with van der Waals surface area (Å²) in [5, 5.41) is 11.9. The molecule has 2 atom stereocenters. The standard InChI is InChI=1S/C23H22N2O5/c1-2-8-16(23(29)30)14-24-20(26)19(13-15-9-4-3-5-10-15)25-21(27)17-11-6-7-12-18(17)22(25)28/h2-7,9-12,16,19H,1,8,13-14H2,(H,24,26)(H,29,30)/t16-,19?/m0/s1. The van der Waals surface area contributed by atoms with Crippen molar-refractivity contribution in [2.24, 2.45) is 5.92 Å². The van der Waals surface area contributed by atoms with Crippen LogP contribution in [0.1, 0.15) is 32.7 Å². The summed E-state index contributed by atoms with van der Waals surface area (Å²) < 4.78 is 0. The Morgan fingerprint density at radius 3 is 2.10 bits per heavy atom. The van der Waals surface area contributed by atoms with Crippen molar-refractivity contribution in [1.29, 1.82) is 0 Å². The van der Waals surface area contributed by atoms with Crippen LogP contribution in [0.2, 0.25) is 0 Å². The van der Waals surface area contributed by atoms with Gasteiger partial charge in [0, 0.05) is 13.0 Å². The van der Waals surface area contributed by atoms with Crippen LogP contribution in [0.5, 0.6) is 0 Å². The fourth-order valence-electron chi connectivity index (χ4n) is 3.44. The number of hydrogen-bond acceptors (Lipinski definition) is 4. The number of hydrogen-bond donors (Lipinski definition) is 2. The molecule has 154 valence electrons. The summed E-state index contributed by atoms with van der Waals surface area (Å²) in [6, 6.07) is 14.4. The molecule has 0 bridgehead atoms. The van der Waals surface area contributed by atoms with Gasteiger partial charge in [-0.25, -0.2) is 0 Å². The van der Waals surface area contributed by atoms with Crippen molar-refractivity contribution in [2.45, 2.75) is 18.9 Å². The van der Waals surface area contributed by atoms with Crippen molar-refractivity contribution in [3.63, 3.8) is 0 Å². The van der Waals surface area contributed by atoms with Gasteiger partial charge in [0.2, 0.25) is 5.91 Å². The maximum atomic E-state index is 13.0. The number of amides is 3. The molecule has 3 amide bonds. The Labute approximate surface area is 174 Å². The van der Waals surface area contributed by atoms with Crippen molar-refractivity contribution in [2.75, 3.05) is 6.54 Å². The van der Waals surface area contributed by atoms with Crippen LogP contribution in [-0.2, 0) is 16.0 Å². The minimum atomic E-state index is -1.10. The molecule has 2 aromatic carbocycles. The molecular weight excluding hydrogens is 384 g/mol. The summed E-state index contributed by atoms with van der Waals surface area (Å²) in [5.74, 6) is -3.55. The molecule has 0 radical (unpaired) electrons. The van der Waals surface area contributed by atoms with Crippen molar-refractivity contribution in [1.82, 2.24) is 10.2 Å². The number of nitrogens with one attached hydrogen (secondary N) is 1. The molecule has 7 nitrogen and oxygen atoms in total. The van der Waals surface area contributed by atoms with Gasteiger partial charge in [-0.2, -0.15) is 0 Å². The molecule has 2 N–H and O–H groups in total. The normalized spacial score (nSPS) is 14.7. The summed E-state index contributed by atoms with van der Waals surface area (Å²) >= 11 is 0. The Morgan fingerprint density at radius 2 is 1.57 bits per heavy atom. The number of benzene rings is 2. The highest BCUT2D eigenvalue weighted by atomic mass is 16.4. The quantitative estimate of drug-likeness (QED) is 0.491. The van der Waals surface area contributed by atoms with Gasteiger partial charge in [-0.05, 0) is 24.1 Å². The highest BCUT2D eigenvalue weighted by Gasteiger charge is 2.42. The maximum absolute atomic E-state index is 13.0. The number of carboxylic acids is 1. The Hall–Kier alpha value is -3.74. The zero-order valence-electron chi connectivity index (χ0n) is 16.3. The first-order valence-electron chi connectivity index (χ1n) is 9.56. The van der Waals surface area contributed by atoms with E-state index in [-0.39, 0.29) is 30.5 Å². The predicted molar refractivity (Wildman–Crippen MR) is 110 cm³/mol. The van der Waals surface area contributed by atoms with E-state index in [0.717, 1.165) is 10.5 Å². The van der Waals surface area contributed by atoms with Crippen molar-refractivity contribution < 1.29 is 24.3 Å².